The summed E-state index contributed by atoms with van der Waals surface area (Å²) in [4.78, 5) is 13.1. The third kappa shape index (κ3) is 4.51. The lowest BCUT2D eigenvalue weighted by Gasteiger charge is -2.20. The molecular weight excluding hydrogens is 440 g/mol. The first kappa shape index (κ1) is 21.3. The van der Waals surface area contributed by atoms with Crippen LogP contribution < -0.4 is 14.2 Å². The molecule has 0 unspecified atom stereocenters. The van der Waals surface area contributed by atoms with E-state index in [-0.39, 0.29) is 18.3 Å². The van der Waals surface area contributed by atoms with E-state index in [1.807, 2.05) is 55.5 Å². The summed E-state index contributed by atoms with van der Waals surface area (Å²) in [5, 5.41) is 0.535. The van der Waals surface area contributed by atoms with Gasteiger partial charge in [-0.25, -0.2) is 0 Å². The molecule has 2 heterocycles. The predicted molar refractivity (Wildman–Crippen MR) is 127 cm³/mol. The third-order valence-corrected chi connectivity index (χ3v) is 5.61. The Morgan fingerprint density at radius 1 is 1.12 bits per heavy atom. The number of aryl methyl sites for hydroxylation is 1. The van der Waals surface area contributed by atoms with E-state index in [9.17, 15) is 4.79 Å². The van der Waals surface area contributed by atoms with E-state index >= 15 is 0 Å². The van der Waals surface area contributed by atoms with Crippen LogP contribution in [0.2, 0.25) is 5.02 Å². The first-order chi connectivity index (χ1) is 16.1. The fourth-order valence-electron chi connectivity index (χ4n) is 3.91. The van der Waals surface area contributed by atoms with E-state index in [1.54, 1.807) is 24.3 Å². The molecule has 0 aliphatic carbocycles. The largest absolute Gasteiger partial charge is 0.489 e. The van der Waals surface area contributed by atoms with Gasteiger partial charge in [-0.1, -0.05) is 48.0 Å². The van der Waals surface area contributed by atoms with Gasteiger partial charge in [0.1, 0.15) is 23.9 Å². The zero-order chi connectivity index (χ0) is 22.8. The zero-order valence-corrected chi connectivity index (χ0v) is 18.7. The Morgan fingerprint density at radius 3 is 2.82 bits per heavy atom. The Kier molecular flexibility index (Phi) is 5.90. The topological polar surface area (TPSA) is 54.0 Å². The van der Waals surface area contributed by atoms with Crippen molar-refractivity contribution in [1.29, 1.82) is 0 Å². The van der Waals surface area contributed by atoms with Crippen LogP contribution in [0.15, 0.2) is 66.4 Å². The van der Waals surface area contributed by atoms with Crippen molar-refractivity contribution in [3.05, 3.63) is 99.3 Å². The standard InChI is InChI=1S/C27H21ClO5/c1-17-10-22(31-9-5-8-18-6-3-2-4-7-18)14-23-25(17)26(29)24(33-23)13-19-11-21(28)12-20-15-30-16-32-27(19)20/h2-8,10-14H,9,15-16H2,1H3/b8-5+,24-13-. The molecule has 5 nitrogen and oxygen atoms in total. The van der Waals surface area contributed by atoms with Gasteiger partial charge in [-0.15, -0.1) is 0 Å². The Labute approximate surface area is 196 Å². The number of hydrogen-bond acceptors (Lipinski definition) is 5. The number of carbonyl (C=O) groups is 1. The van der Waals surface area contributed by atoms with E-state index in [1.165, 1.54) is 0 Å². The number of halogens is 1. The summed E-state index contributed by atoms with van der Waals surface area (Å²) in [6.45, 7) is 2.83. The molecule has 3 aromatic rings. The second-order valence-corrected chi connectivity index (χ2v) is 8.21. The summed E-state index contributed by atoms with van der Waals surface area (Å²) in [6.07, 6.45) is 5.61. The summed E-state index contributed by atoms with van der Waals surface area (Å²) in [7, 11) is 0. The number of ether oxygens (including phenoxy) is 4. The number of fused-ring (bicyclic) bond motifs is 2. The number of Topliss-reactive ketones (excluding diaryl/α,β-unsaturated/α-hetero) is 1. The van der Waals surface area contributed by atoms with Crippen LogP contribution in [0, 0.1) is 6.92 Å². The predicted octanol–water partition coefficient (Wildman–Crippen LogP) is 6.22. The molecule has 0 amide bonds. The fourth-order valence-corrected chi connectivity index (χ4v) is 4.16. The van der Waals surface area contributed by atoms with Gasteiger partial charge in [0.25, 0.3) is 0 Å². The van der Waals surface area contributed by atoms with Crippen LogP contribution in [0.1, 0.15) is 32.6 Å². The smallest absolute Gasteiger partial charge is 0.232 e. The van der Waals surface area contributed by atoms with E-state index in [4.69, 9.17) is 30.5 Å². The molecule has 0 saturated carbocycles. The maximum absolute atomic E-state index is 13.1. The molecule has 2 aliphatic rings. The first-order valence-electron chi connectivity index (χ1n) is 10.5. The first-order valence-corrected chi connectivity index (χ1v) is 10.9. The van der Waals surface area contributed by atoms with Gasteiger partial charge in [-0.3, -0.25) is 4.79 Å². The molecular formula is C27H21ClO5. The molecule has 2 aliphatic heterocycles. The van der Waals surface area contributed by atoms with Crippen molar-refractivity contribution in [2.45, 2.75) is 13.5 Å². The van der Waals surface area contributed by atoms with Gasteiger partial charge in [0.2, 0.25) is 5.78 Å². The van der Waals surface area contributed by atoms with Crippen molar-refractivity contribution in [3.63, 3.8) is 0 Å². The van der Waals surface area contributed by atoms with Crippen molar-refractivity contribution in [1.82, 2.24) is 0 Å². The lowest BCUT2D eigenvalue weighted by molar-refractivity contribution is -0.0165. The summed E-state index contributed by atoms with van der Waals surface area (Å²) in [5.41, 5.74) is 3.94. The molecule has 0 radical (unpaired) electrons. The average molecular weight is 461 g/mol. The van der Waals surface area contributed by atoms with Gasteiger partial charge in [-0.2, -0.15) is 0 Å². The normalized spacial score (nSPS) is 15.8. The maximum atomic E-state index is 13.1. The van der Waals surface area contributed by atoms with Gasteiger partial charge < -0.3 is 18.9 Å². The summed E-state index contributed by atoms with van der Waals surface area (Å²) < 4.78 is 22.8. The highest BCUT2D eigenvalue weighted by atomic mass is 35.5. The zero-order valence-electron chi connectivity index (χ0n) is 18.0. The molecule has 0 N–H and O–H groups in total. The molecule has 0 bridgehead atoms. The minimum Gasteiger partial charge on any atom is -0.489 e. The lowest BCUT2D eigenvalue weighted by Crippen LogP contribution is -2.12. The van der Waals surface area contributed by atoms with Crippen LogP contribution in [0.5, 0.6) is 17.2 Å². The molecule has 166 valence electrons. The van der Waals surface area contributed by atoms with E-state index in [2.05, 4.69) is 0 Å². The average Bonchev–Trinajstić information content (AvgIpc) is 3.12. The van der Waals surface area contributed by atoms with Gasteiger partial charge in [-0.05, 0) is 48.4 Å². The van der Waals surface area contributed by atoms with E-state index in [0.29, 0.717) is 46.6 Å². The molecule has 5 rings (SSSR count). The number of benzene rings is 3. The van der Waals surface area contributed by atoms with Crippen LogP contribution in [-0.4, -0.2) is 19.2 Å². The summed E-state index contributed by atoms with van der Waals surface area (Å²) in [6, 6.07) is 17.1. The summed E-state index contributed by atoms with van der Waals surface area (Å²) >= 11 is 6.25. The Bertz CT molecular complexity index is 1280. The van der Waals surface area contributed by atoms with Gasteiger partial charge in [0, 0.05) is 22.2 Å². The second-order valence-electron chi connectivity index (χ2n) is 7.77. The molecule has 33 heavy (non-hydrogen) atoms. The Hall–Kier alpha value is -3.54. The van der Waals surface area contributed by atoms with Gasteiger partial charge in [0.05, 0.1) is 12.2 Å². The lowest BCUT2D eigenvalue weighted by atomic mass is 10.0. The van der Waals surface area contributed by atoms with E-state index < -0.39 is 0 Å². The fraction of sp³-hybridized carbons (Fsp3) is 0.148. The minimum atomic E-state index is -0.182. The second kappa shape index (κ2) is 9.14. The number of ketones is 1. The highest BCUT2D eigenvalue weighted by Crippen LogP contribution is 2.39. The molecule has 0 fully saturated rings. The monoisotopic (exact) mass is 460 g/mol. The van der Waals surface area contributed by atoms with Crippen molar-refractivity contribution < 1.29 is 23.7 Å². The number of hydrogen-bond donors (Lipinski definition) is 0. The molecule has 0 spiro atoms. The van der Waals surface area contributed by atoms with Gasteiger partial charge >= 0.3 is 0 Å². The number of rotatable bonds is 5. The van der Waals surface area contributed by atoms with Crippen molar-refractivity contribution >= 4 is 29.5 Å². The molecule has 0 aromatic heterocycles. The van der Waals surface area contributed by atoms with Crippen LogP contribution in [0.25, 0.3) is 12.2 Å². The SMILES string of the molecule is Cc1cc(OC/C=C/c2ccccc2)cc2c1C(=O)/C(=C/c1cc(Cl)cc3c1OCOC3)O2. The molecule has 0 atom stereocenters. The van der Waals surface area contributed by atoms with Crippen LogP contribution >= 0.6 is 11.6 Å². The van der Waals surface area contributed by atoms with Crippen LogP contribution in [0.4, 0.5) is 0 Å². The van der Waals surface area contributed by atoms with Crippen molar-refractivity contribution in [3.8, 4) is 17.2 Å². The molecule has 0 saturated heterocycles. The molecule has 6 heteroatoms. The van der Waals surface area contributed by atoms with Crippen LogP contribution in [0.3, 0.4) is 0 Å². The Morgan fingerprint density at radius 2 is 1.97 bits per heavy atom. The van der Waals surface area contributed by atoms with Crippen molar-refractivity contribution in [2.75, 3.05) is 13.4 Å². The van der Waals surface area contributed by atoms with Gasteiger partial charge in [0.15, 0.2) is 12.6 Å². The number of carbonyl (C=O) groups excluding carboxylic acids is 1. The minimum absolute atomic E-state index is 0.151. The summed E-state index contributed by atoms with van der Waals surface area (Å²) in [5.74, 6) is 1.80. The highest BCUT2D eigenvalue weighted by molar-refractivity contribution is 6.31. The highest BCUT2D eigenvalue weighted by Gasteiger charge is 2.30. The van der Waals surface area contributed by atoms with E-state index in [0.717, 1.165) is 16.7 Å². The number of allylic oxidation sites excluding steroid dienone is 1. The Balaban J connectivity index is 1.36. The quantitative estimate of drug-likeness (QED) is 0.423. The van der Waals surface area contributed by atoms with Crippen LogP contribution in [-0.2, 0) is 11.3 Å². The van der Waals surface area contributed by atoms with Crippen molar-refractivity contribution in [2.24, 2.45) is 0 Å². The maximum Gasteiger partial charge on any atom is 0.232 e. The molecule has 3 aromatic carbocycles. The third-order valence-electron chi connectivity index (χ3n) is 5.39.